The van der Waals surface area contributed by atoms with Crippen LogP contribution in [0.1, 0.15) is 5.82 Å². The molecule has 0 aliphatic rings. The minimum atomic E-state index is 0.416. The van der Waals surface area contributed by atoms with Gasteiger partial charge in [0.2, 0.25) is 0 Å². The van der Waals surface area contributed by atoms with Crippen LogP contribution in [0.4, 0.5) is 5.13 Å². The minimum absolute atomic E-state index is 0.416. The molecular formula is C8H7ClN4S. The molecular weight excluding hydrogens is 220 g/mol. The van der Waals surface area contributed by atoms with Gasteiger partial charge in [-0.3, -0.25) is 0 Å². The molecule has 0 bridgehead atoms. The highest BCUT2D eigenvalue weighted by Gasteiger charge is 2.06. The normalized spacial score (nSPS) is 10.4. The topological polar surface area (TPSA) is 64.7 Å². The highest BCUT2D eigenvalue weighted by molar-refractivity contribution is 7.13. The number of hydrogen-bond donors (Lipinski definition) is 1. The number of hydrogen-bond acceptors (Lipinski definition) is 5. The summed E-state index contributed by atoms with van der Waals surface area (Å²) in [5, 5.41) is 2.78. The maximum Gasteiger partial charge on any atom is 0.180 e. The summed E-state index contributed by atoms with van der Waals surface area (Å²) in [5.74, 6) is 0.624. The van der Waals surface area contributed by atoms with Crippen LogP contribution in [0.15, 0.2) is 11.4 Å². The van der Waals surface area contributed by atoms with E-state index >= 15 is 0 Å². The van der Waals surface area contributed by atoms with Crippen LogP contribution in [0, 0.1) is 6.92 Å². The monoisotopic (exact) mass is 226 g/mol. The van der Waals surface area contributed by atoms with Crippen LogP contribution in [-0.4, -0.2) is 15.0 Å². The van der Waals surface area contributed by atoms with Crippen LogP contribution in [0.2, 0.25) is 5.15 Å². The number of halogens is 1. The van der Waals surface area contributed by atoms with Gasteiger partial charge < -0.3 is 5.73 Å². The summed E-state index contributed by atoms with van der Waals surface area (Å²) in [6.45, 7) is 1.78. The molecule has 2 heterocycles. The van der Waals surface area contributed by atoms with E-state index in [-0.39, 0.29) is 0 Å². The number of anilines is 1. The Balaban J connectivity index is 2.51. The fraction of sp³-hybridized carbons (Fsp3) is 0.125. The van der Waals surface area contributed by atoms with Crippen LogP contribution < -0.4 is 5.73 Å². The van der Waals surface area contributed by atoms with Gasteiger partial charge in [0.15, 0.2) is 5.13 Å². The maximum atomic E-state index is 5.80. The summed E-state index contributed by atoms with van der Waals surface area (Å²) >= 11 is 7.17. The lowest BCUT2D eigenvalue weighted by Crippen LogP contribution is -1.92. The van der Waals surface area contributed by atoms with Crippen molar-refractivity contribution in [2.75, 3.05) is 5.73 Å². The second-order valence-electron chi connectivity index (χ2n) is 2.69. The molecule has 0 amide bonds. The van der Waals surface area contributed by atoms with Gasteiger partial charge in [-0.15, -0.1) is 11.3 Å². The van der Waals surface area contributed by atoms with E-state index in [1.165, 1.54) is 11.3 Å². The van der Waals surface area contributed by atoms with Gasteiger partial charge in [0.05, 0.1) is 5.69 Å². The third kappa shape index (κ3) is 1.83. The molecule has 0 aliphatic carbocycles. The van der Waals surface area contributed by atoms with Crippen LogP contribution >= 0.6 is 22.9 Å². The second kappa shape index (κ2) is 3.51. The van der Waals surface area contributed by atoms with Crippen LogP contribution in [0.3, 0.4) is 0 Å². The third-order valence-corrected chi connectivity index (χ3v) is 2.46. The maximum absolute atomic E-state index is 5.80. The molecule has 0 fully saturated rings. The number of nitrogens with two attached hydrogens (primary N) is 1. The summed E-state index contributed by atoms with van der Waals surface area (Å²) in [5.41, 5.74) is 6.96. The molecule has 0 aromatic carbocycles. The van der Waals surface area contributed by atoms with E-state index in [9.17, 15) is 0 Å². The SMILES string of the molecule is Cc1nc(Cl)cc(-c2csc(N)n2)n1. The molecule has 0 saturated heterocycles. The smallest absolute Gasteiger partial charge is 0.180 e. The molecule has 4 nitrogen and oxygen atoms in total. The lowest BCUT2D eigenvalue weighted by Gasteiger charge is -1.98. The molecule has 0 atom stereocenters. The van der Waals surface area contributed by atoms with Gasteiger partial charge in [-0.25, -0.2) is 15.0 Å². The van der Waals surface area contributed by atoms with Crippen molar-refractivity contribution in [1.82, 2.24) is 15.0 Å². The molecule has 14 heavy (non-hydrogen) atoms. The number of aryl methyl sites for hydroxylation is 1. The van der Waals surface area contributed by atoms with Crippen molar-refractivity contribution in [1.29, 1.82) is 0 Å². The van der Waals surface area contributed by atoms with Gasteiger partial charge in [0, 0.05) is 11.4 Å². The first-order valence-corrected chi connectivity index (χ1v) is 5.13. The van der Waals surface area contributed by atoms with Crippen LogP contribution in [0.25, 0.3) is 11.4 Å². The fourth-order valence-electron chi connectivity index (χ4n) is 1.07. The Morgan fingerprint density at radius 1 is 1.29 bits per heavy atom. The third-order valence-electron chi connectivity index (χ3n) is 1.59. The van der Waals surface area contributed by atoms with Crippen molar-refractivity contribution >= 4 is 28.1 Å². The van der Waals surface area contributed by atoms with Gasteiger partial charge in [-0.05, 0) is 6.92 Å². The first-order valence-electron chi connectivity index (χ1n) is 3.88. The number of aromatic nitrogens is 3. The Bertz CT molecular complexity index is 448. The van der Waals surface area contributed by atoms with E-state index in [2.05, 4.69) is 15.0 Å². The number of nitrogen functional groups attached to an aromatic ring is 1. The van der Waals surface area contributed by atoms with Gasteiger partial charge in [-0.2, -0.15) is 0 Å². The first-order chi connectivity index (χ1) is 6.65. The Hall–Kier alpha value is -1.20. The average molecular weight is 227 g/mol. The van der Waals surface area contributed by atoms with Gasteiger partial charge in [0.1, 0.15) is 16.7 Å². The van der Waals surface area contributed by atoms with Crippen molar-refractivity contribution in [2.24, 2.45) is 0 Å². The Kier molecular flexibility index (Phi) is 2.35. The molecule has 72 valence electrons. The molecule has 2 aromatic rings. The fourth-order valence-corrected chi connectivity index (χ4v) is 1.85. The Morgan fingerprint density at radius 2 is 2.07 bits per heavy atom. The van der Waals surface area contributed by atoms with Crippen molar-refractivity contribution in [3.05, 3.63) is 22.4 Å². The molecule has 2 aromatic heterocycles. The Morgan fingerprint density at radius 3 is 2.64 bits per heavy atom. The van der Waals surface area contributed by atoms with Crippen molar-refractivity contribution in [3.63, 3.8) is 0 Å². The largest absolute Gasteiger partial charge is 0.375 e. The predicted molar refractivity (Wildman–Crippen MR) is 57.3 cm³/mol. The highest BCUT2D eigenvalue weighted by atomic mass is 35.5. The van der Waals surface area contributed by atoms with Crippen molar-refractivity contribution in [3.8, 4) is 11.4 Å². The van der Waals surface area contributed by atoms with Gasteiger partial charge in [-0.1, -0.05) is 11.6 Å². The molecule has 2 N–H and O–H groups in total. The van der Waals surface area contributed by atoms with E-state index in [0.717, 1.165) is 5.69 Å². The molecule has 0 unspecified atom stereocenters. The lowest BCUT2D eigenvalue weighted by atomic mass is 10.3. The molecule has 0 aliphatic heterocycles. The lowest BCUT2D eigenvalue weighted by molar-refractivity contribution is 1.05. The first kappa shape index (κ1) is 9.36. The summed E-state index contributed by atoms with van der Waals surface area (Å²) in [6.07, 6.45) is 0. The predicted octanol–water partition coefficient (Wildman–Crippen LogP) is 2.14. The average Bonchev–Trinajstić information content (AvgIpc) is 2.50. The van der Waals surface area contributed by atoms with Crippen LogP contribution in [-0.2, 0) is 0 Å². The quantitative estimate of drug-likeness (QED) is 0.757. The van der Waals surface area contributed by atoms with E-state index in [4.69, 9.17) is 17.3 Å². The zero-order chi connectivity index (χ0) is 10.1. The minimum Gasteiger partial charge on any atom is -0.375 e. The summed E-state index contributed by atoms with van der Waals surface area (Å²) in [4.78, 5) is 12.3. The van der Waals surface area contributed by atoms with E-state index in [1.54, 1.807) is 13.0 Å². The Labute approximate surface area is 89.8 Å². The number of thiazole rings is 1. The zero-order valence-electron chi connectivity index (χ0n) is 7.36. The van der Waals surface area contributed by atoms with Gasteiger partial charge in [0.25, 0.3) is 0 Å². The van der Waals surface area contributed by atoms with E-state index in [0.29, 0.717) is 21.8 Å². The highest BCUT2D eigenvalue weighted by Crippen LogP contribution is 2.22. The summed E-state index contributed by atoms with van der Waals surface area (Å²) in [6, 6.07) is 1.67. The molecule has 2 rings (SSSR count). The summed E-state index contributed by atoms with van der Waals surface area (Å²) < 4.78 is 0. The standard InChI is InChI=1S/C8H7ClN4S/c1-4-11-5(2-7(9)12-4)6-3-14-8(10)13-6/h2-3H,1H3,(H2,10,13). The number of rotatable bonds is 1. The van der Waals surface area contributed by atoms with Crippen molar-refractivity contribution < 1.29 is 0 Å². The summed E-state index contributed by atoms with van der Waals surface area (Å²) in [7, 11) is 0. The molecule has 0 saturated carbocycles. The second-order valence-corrected chi connectivity index (χ2v) is 3.97. The van der Waals surface area contributed by atoms with E-state index < -0.39 is 0 Å². The van der Waals surface area contributed by atoms with Crippen LogP contribution in [0.5, 0.6) is 0 Å². The van der Waals surface area contributed by atoms with E-state index in [1.807, 2.05) is 5.38 Å². The molecule has 6 heteroatoms. The number of nitrogens with zero attached hydrogens (tertiary/aromatic N) is 3. The molecule has 0 spiro atoms. The van der Waals surface area contributed by atoms with Gasteiger partial charge >= 0.3 is 0 Å². The zero-order valence-corrected chi connectivity index (χ0v) is 8.93. The molecule has 0 radical (unpaired) electrons. The van der Waals surface area contributed by atoms with Crippen molar-refractivity contribution in [2.45, 2.75) is 6.92 Å².